The molecule has 0 aliphatic heterocycles. The average Bonchev–Trinajstić information content (AvgIpc) is 2.58. The zero-order valence-electron chi connectivity index (χ0n) is 8.96. The van der Waals surface area contributed by atoms with Crippen LogP contribution in [0.1, 0.15) is 26.2 Å². The molecule has 82 valence electrons. The fourth-order valence-electron chi connectivity index (χ4n) is 2.21. The predicted molar refractivity (Wildman–Crippen MR) is 66.3 cm³/mol. The number of anilines is 2. The van der Waals surface area contributed by atoms with Gasteiger partial charge in [-0.3, -0.25) is 0 Å². The number of nitrogen functional groups attached to an aromatic ring is 1. The molecule has 1 aromatic rings. The third-order valence-corrected chi connectivity index (χ3v) is 3.30. The van der Waals surface area contributed by atoms with Gasteiger partial charge in [0, 0.05) is 11.1 Å². The maximum Gasteiger partial charge on any atom is 0.0591 e. The molecule has 1 fully saturated rings. The molecular weight excluding hydrogens is 208 g/mol. The molecule has 3 N–H and O–H groups in total. The zero-order chi connectivity index (χ0) is 10.8. The Balaban J connectivity index is 2.07. The van der Waals surface area contributed by atoms with E-state index in [0.717, 1.165) is 22.3 Å². The van der Waals surface area contributed by atoms with Crippen molar-refractivity contribution in [3.05, 3.63) is 23.2 Å². The van der Waals surface area contributed by atoms with E-state index >= 15 is 0 Å². The molecule has 0 bridgehead atoms. The molecule has 1 aromatic carbocycles. The van der Waals surface area contributed by atoms with Crippen molar-refractivity contribution in [1.29, 1.82) is 0 Å². The highest BCUT2D eigenvalue weighted by atomic mass is 35.5. The molecule has 0 heterocycles. The Labute approximate surface area is 95.8 Å². The first kappa shape index (κ1) is 10.6. The van der Waals surface area contributed by atoms with Crippen LogP contribution in [-0.2, 0) is 0 Å². The molecule has 0 radical (unpaired) electrons. The lowest BCUT2D eigenvalue weighted by molar-refractivity contribution is 0.603. The van der Waals surface area contributed by atoms with Crippen LogP contribution in [0.15, 0.2) is 18.2 Å². The Morgan fingerprint density at radius 1 is 1.40 bits per heavy atom. The Morgan fingerprint density at radius 3 is 2.87 bits per heavy atom. The van der Waals surface area contributed by atoms with Crippen LogP contribution < -0.4 is 11.1 Å². The van der Waals surface area contributed by atoms with Crippen LogP contribution in [-0.4, -0.2) is 6.04 Å². The lowest BCUT2D eigenvalue weighted by Gasteiger charge is -2.15. The normalized spacial score (nSPS) is 25.5. The lowest BCUT2D eigenvalue weighted by Crippen LogP contribution is -2.16. The Bertz CT molecular complexity index is 351. The van der Waals surface area contributed by atoms with E-state index in [-0.39, 0.29) is 0 Å². The van der Waals surface area contributed by atoms with E-state index in [4.69, 9.17) is 17.3 Å². The van der Waals surface area contributed by atoms with Gasteiger partial charge in [0.1, 0.15) is 0 Å². The first-order valence-corrected chi connectivity index (χ1v) is 5.84. The van der Waals surface area contributed by atoms with Crippen molar-refractivity contribution in [2.75, 3.05) is 11.1 Å². The van der Waals surface area contributed by atoms with Crippen molar-refractivity contribution in [3.63, 3.8) is 0 Å². The summed E-state index contributed by atoms with van der Waals surface area (Å²) in [6.07, 6.45) is 3.76. The summed E-state index contributed by atoms with van der Waals surface area (Å²) in [6, 6.07) is 6.13. The molecule has 0 saturated heterocycles. The summed E-state index contributed by atoms with van der Waals surface area (Å²) < 4.78 is 0. The van der Waals surface area contributed by atoms with E-state index in [1.165, 1.54) is 19.3 Å². The van der Waals surface area contributed by atoms with Crippen molar-refractivity contribution in [2.45, 2.75) is 32.2 Å². The van der Waals surface area contributed by atoms with Gasteiger partial charge >= 0.3 is 0 Å². The molecule has 1 aliphatic carbocycles. The quantitative estimate of drug-likeness (QED) is 0.755. The Kier molecular flexibility index (Phi) is 3.06. The van der Waals surface area contributed by atoms with Crippen LogP contribution in [0.2, 0.25) is 5.02 Å². The van der Waals surface area contributed by atoms with Crippen LogP contribution in [0.5, 0.6) is 0 Å². The van der Waals surface area contributed by atoms with Crippen LogP contribution in [0.4, 0.5) is 11.4 Å². The minimum Gasteiger partial charge on any atom is -0.397 e. The van der Waals surface area contributed by atoms with E-state index in [1.54, 1.807) is 0 Å². The van der Waals surface area contributed by atoms with E-state index in [1.807, 2.05) is 18.2 Å². The largest absolute Gasteiger partial charge is 0.397 e. The summed E-state index contributed by atoms with van der Waals surface area (Å²) in [5, 5.41) is 4.20. The molecule has 0 aromatic heterocycles. The summed E-state index contributed by atoms with van der Waals surface area (Å²) in [7, 11) is 0. The van der Waals surface area contributed by atoms with Crippen molar-refractivity contribution in [2.24, 2.45) is 5.92 Å². The van der Waals surface area contributed by atoms with Gasteiger partial charge in [0.15, 0.2) is 0 Å². The molecule has 2 nitrogen and oxygen atoms in total. The highest BCUT2D eigenvalue weighted by Gasteiger charge is 2.21. The minimum absolute atomic E-state index is 0.556. The Morgan fingerprint density at radius 2 is 2.20 bits per heavy atom. The molecule has 2 rings (SSSR count). The summed E-state index contributed by atoms with van der Waals surface area (Å²) >= 11 is 5.94. The van der Waals surface area contributed by atoms with Gasteiger partial charge in [0.05, 0.1) is 11.4 Å². The van der Waals surface area contributed by atoms with Crippen molar-refractivity contribution in [3.8, 4) is 0 Å². The summed E-state index contributed by atoms with van der Waals surface area (Å²) in [4.78, 5) is 0. The van der Waals surface area contributed by atoms with Gasteiger partial charge in [-0.1, -0.05) is 18.5 Å². The monoisotopic (exact) mass is 224 g/mol. The van der Waals surface area contributed by atoms with Crippen molar-refractivity contribution in [1.82, 2.24) is 0 Å². The predicted octanol–water partition coefficient (Wildman–Crippen LogP) is 3.52. The van der Waals surface area contributed by atoms with Crippen molar-refractivity contribution < 1.29 is 0 Å². The highest BCUT2D eigenvalue weighted by molar-refractivity contribution is 6.31. The van der Waals surface area contributed by atoms with Gasteiger partial charge in [-0.25, -0.2) is 0 Å². The number of rotatable bonds is 2. The molecule has 1 saturated carbocycles. The fraction of sp³-hybridized carbons (Fsp3) is 0.500. The molecule has 3 heteroatoms. The van der Waals surface area contributed by atoms with Gasteiger partial charge < -0.3 is 11.1 Å². The highest BCUT2D eigenvalue weighted by Crippen LogP contribution is 2.30. The second kappa shape index (κ2) is 4.31. The number of nitrogens with two attached hydrogens (primary N) is 1. The maximum absolute atomic E-state index is 5.94. The molecular formula is C12H17ClN2. The standard InChI is InChI=1S/C12H17ClN2/c1-8-2-4-10(6-8)15-12-7-9(13)3-5-11(12)14/h3,5,7-8,10,15H,2,4,6,14H2,1H3. The first-order chi connectivity index (χ1) is 7.15. The van der Waals surface area contributed by atoms with E-state index in [9.17, 15) is 0 Å². The maximum atomic E-state index is 5.94. The van der Waals surface area contributed by atoms with Crippen LogP contribution in [0, 0.1) is 5.92 Å². The van der Waals surface area contributed by atoms with Crippen LogP contribution in [0.25, 0.3) is 0 Å². The second-order valence-corrected chi connectivity index (χ2v) is 4.93. The van der Waals surface area contributed by atoms with E-state index in [2.05, 4.69) is 12.2 Å². The number of hydrogen-bond acceptors (Lipinski definition) is 2. The first-order valence-electron chi connectivity index (χ1n) is 5.46. The lowest BCUT2D eigenvalue weighted by atomic mass is 10.1. The van der Waals surface area contributed by atoms with Gasteiger partial charge in [-0.05, 0) is 43.4 Å². The van der Waals surface area contributed by atoms with Crippen LogP contribution in [0.3, 0.4) is 0 Å². The summed E-state index contributed by atoms with van der Waals surface area (Å²) in [6.45, 7) is 2.29. The van der Waals surface area contributed by atoms with Gasteiger partial charge in [0.2, 0.25) is 0 Å². The summed E-state index contributed by atoms with van der Waals surface area (Å²) in [5.74, 6) is 0.822. The SMILES string of the molecule is CC1CCC(Nc2cc(Cl)ccc2N)C1. The Hall–Kier alpha value is -0.890. The molecule has 15 heavy (non-hydrogen) atoms. The van der Waals surface area contributed by atoms with Crippen molar-refractivity contribution >= 4 is 23.0 Å². The van der Waals surface area contributed by atoms with Crippen LogP contribution >= 0.6 is 11.6 Å². The minimum atomic E-state index is 0.556. The third-order valence-electron chi connectivity index (χ3n) is 3.07. The third kappa shape index (κ3) is 2.57. The number of hydrogen-bond donors (Lipinski definition) is 2. The van der Waals surface area contributed by atoms with Gasteiger partial charge in [-0.2, -0.15) is 0 Å². The molecule has 0 amide bonds. The molecule has 1 aliphatic rings. The average molecular weight is 225 g/mol. The molecule has 2 unspecified atom stereocenters. The van der Waals surface area contributed by atoms with Gasteiger partial charge in [0.25, 0.3) is 0 Å². The smallest absolute Gasteiger partial charge is 0.0591 e. The van der Waals surface area contributed by atoms with Gasteiger partial charge in [-0.15, -0.1) is 0 Å². The second-order valence-electron chi connectivity index (χ2n) is 4.49. The number of halogens is 1. The topological polar surface area (TPSA) is 38.0 Å². The van der Waals surface area contributed by atoms with E-state index < -0.39 is 0 Å². The number of benzene rings is 1. The summed E-state index contributed by atoms with van der Waals surface area (Å²) in [5.41, 5.74) is 7.63. The number of nitrogens with one attached hydrogen (secondary N) is 1. The molecule has 2 atom stereocenters. The van der Waals surface area contributed by atoms with E-state index in [0.29, 0.717) is 6.04 Å². The fourth-order valence-corrected chi connectivity index (χ4v) is 2.38. The zero-order valence-corrected chi connectivity index (χ0v) is 9.72. The molecule has 0 spiro atoms.